The Hall–Kier alpha value is -1.79. The van der Waals surface area contributed by atoms with E-state index in [4.69, 9.17) is 0 Å². The number of urea groups is 1. The van der Waals surface area contributed by atoms with Crippen molar-refractivity contribution in [2.45, 2.75) is 44.6 Å². The molecule has 114 valence electrons. The normalized spacial score (nSPS) is 25.6. The fraction of sp³-hybridized carbons (Fsp3) is 0.769. The number of carbonyl (C=O) groups excluding carboxylic acids is 2. The predicted octanol–water partition coefficient (Wildman–Crippen LogP) is 0.882. The summed E-state index contributed by atoms with van der Waals surface area (Å²) < 4.78 is 4.45. The number of hydrogen-bond acceptors (Lipinski definition) is 4. The van der Waals surface area contributed by atoms with Gasteiger partial charge < -0.3 is 20.5 Å². The Balaban J connectivity index is 2.48. The van der Waals surface area contributed by atoms with Gasteiger partial charge in [-0.3, -0.25) is 4.79 Å². The summed E-state index contributed by atoms with van der Waals surface area (Å²) in [7, 11) is 1.27. The highest BCUT2D eigenvalue weighted by Crippen LogP contribution is 2.32. The van der Waals surface area contributed by atoms with Gasteiger partial charge in [-0.15, -0.1) is 0 Å². The SMILES string of the molecule is COC(=O)CCNC(=O)NC1(C(=O)O)CCC(C)CC1. The van der Waals surface area contributed by atoms with Crippen molar-refractivity contribution < 1.29 is 24.2 Å². The summed E-state index contributed by atoms with van der Waals surface area (Å²) in [6, 6.07) is -0.564. The average molecular weight is 286 g/mol. The number of nitrogens with one attached hydrogen (secondary N) is 2. The first-order chi connectivity index (χ1) is 9.39. The number of methoxy groups -OCH3 is 1. The van der Waals surface area contributed by atoms with Crippen LogP contribution in [0.5, 0.6) is 0 Å². The molecule has 0 saturated heterocycles. The van der Waals surface area contributed by atoms with Gasteiger partial charge in [-0.1, -0.05) is 6.92 Å². The molecule has 0 bridgehead atoms. The summed E-state index contributed by atoms with van der Waals surface area (Å²) in [5, 5.41) is 14.4. The second-order valence-corrected chi connectivity index (χ2v) is 5.28. The molecular weight excluding hydrogens is 264 g/mol. The molecule has 0 aromatic rings. The van der Waals surface area contributed by atoms with Crippen molar-refractivity contribution in [2.24, 2.45) is 5.92 Å². The molecule has 1 aliphatic carbocycles. The van der Waals surface area contributed by atoms with E-state index in [1.165, 1.54) is 7.11 Å². The van der Waals surface area contributed by atoms with E-state index in [9.17, 15) is 19.5 Å². The number of rotatable bonds is 5. The summed E-state index contributed by atoms with van der Waals surface area (Å²) >= 11 is 0. The molecule has 2 amide bonds. The standard InChI is InChI=1S/C13H22N2O5/c1-9-3-6-13(7-4-9,11(17)18)15-12(19)14-8-5-10(16)20-2/h9H,3-8H2,1-2H3,(H,17,18)(H2,14,15,19). The first-order valence-electron chi connectivity index (χ1n) is 6.76. The zero-order chi connectivity index (χ0) is 15.2. The Morgan fingerprint density at radius 1 is 1.30 bits per heavy atom. The molecule has 0 atom stereocenters. The molecule has 1 saturated carbocycles. The minimum atomic E-state index is -1.19. The minimum absolute atomic E-state index is 0.0566. The molecule has 0 spiro atoms. The number of hydrogen-bond donors (Lipinski definition) is 3. The second kappa shape index (κ2) is 7.12. The molecule has 20 heavy (non-hydrogen) atoms. The fourth-order valence-electron chi connectivity index (χ4n) is 2.29. The van der Waals surface area contributed by atoms with Crippen LogP contribution in [0.25, 0.3) is 0 Å². The van der Waals surface area contributed by atoms with Gasteiger partial charge in [0.15, 0.2) is 0 Å². The van der Waals surface area contributed by atoms with Gasteiger partial charge in [0.1, 0.15) is 5.54 Å². The maximum atomic E-state index is 11.7. The van der Waals surface area contributed by atoms with Crippen LogP contribution in [0.1, 0.15) is 39.0 Å². The van der Waals surface area contributed by atoms with E-state index in [1.54, 1.807) is 0 Å². The molecule has 1 rings (SSSR count). The van der Waals surface area contributed by atoms with Gasteiger partial charge in [0, 0.05) is 6.54 Å². The number of carboxylic acid groups (broad SMARTS) is 1. The second-order valence-electron chi connectivity index (χ2n) is 5.28. The van der Waals surface area contributed by atoms with Crippen LogP contribution in [-0.4, -0.2) is 42.3 Å². The third-order valence-electron chi connectivity index (χ3n) is 3.73. The Bertz CT molecular complexity index is 375. The Kier molecular flexibility index (Phi) is 5.79. The molecule has 0 aromatic heterocycles. The van der Waals surface area contributed by atoms with Crippen molar-refractivity contribution in [3.63, 3.8) is 0 Å². The van der Waals surface area contributed by atoms with Crippen LogP contribution in [0.4, 0.5) is 4.79 Å². The van der Waals surface area contributed by atoms with Crippen molar-refractivity contribution in [3.05, 3.63) is 0 Å². The fourth-order valence-corrected chi connectivity index (χ4v) is 2.29. The number of esters is 1. The maximum Gasteiger partial charge on any atom is 0.329 e. The number of carboxylic acids is 1. The van der Waals surface area contributed by atoms with Gasteiger partial charge in [0.2, 0.25) is 0 Å². The molecule has 0 radical (unpaired) electrons. The van der Waals surface area contributed by atoms with Crippen LogP contribution >= 0.6 is 0 Å². The molecule has 7 heteroatoms. The smallest absolute Gasteiger partial charge is 0.329 e. The van der Waals surface area contributed by atoms with Crippen molar-refractivity contribution in [3.8, 4) is 0 Å². The molecule has 1 aliphatic rings. The highest BCUT2D eigenvalue weighted by Gasteiger charge is 2.42. The Morgan fingerprint density at radius 2 is 1.90 bits per heavy atom. The quantitative estimate of drug-likeness (QED) is 0.651. The lowest BCUT2D eigenvalue weighted by Crippen LogP contribution is -2.58. The lowest BCUT2D eigenvalue weighted by molar-refractivity contribution is -0.146. The van der Waals surface area contributed by atoms with Crippen molar-refractivity contribution in [1.29, 1.82) is 0 Å². The lowest BCUT2D eigenvalue weighted by Gasteiger charge is -2.36. The third kappa shape index (κ3) is 4.40. The van der Waals surface area contributed by atoms with Crippen LogP contribution in [0.2, 0.25) is 0 Å². The van der Waals surface area contributed by atoms with Gasteiger partial charge in [-0.05, 0) is 31.6 Å². The van der Waals surface area contributed by atoms with E-state index in [-0.39, 0.29) is 13.0 Å². The Labute approximate surface area is 118 Å². The zero-order valence-corrected chi connectivity index (χ0v) is 11.9. The van der Waals surface area contributed by atoms with Crippen LogP contribution in [0.15, 0.2) is 0 Å². The predicted molar refractivity (Wildman–Crippen MR) is 71.2 cm³/mol. The van der Waals surface area contributed by atoms with Gasteiger partial charge in [0.05, 0.1) is 13.5 Å². The number of ether oxygens (including phenoxy) is 1. The van der Waals surface area contributed by atoms with E-state index in [2.05, 4.69) is 22.3 Å². The lowest BCUT2D eigenvalue weighted by atomic mass is 9.77. The highest BCUT2D eigenvalue weighted by molar-refractivity contribution is 5.86. The number of carbonyl (C=O) groups is 3. The first kappa shape index (κ1) is 16.3. The summed E-state index contributed by atoms with van der Waals surface area (Å²) in [6.45, 7) is 2.19. The molecule has 7 nitrogen and oxygen atoms in total. The van der Waals surface area contributed by atoms with Crippen LogP contribution < -0.4 is 10.6 Å². The maximum absolute atomic E-state index is 11.7. The topological polar surface area (TPSA) is 105 Å². The van der Waals surface area contributed by atoms with Crippen molar-refractivity contribution in [1.82, 2.24) is 10.6 Å². The van der Waals surface area contributed by atoms with Crippen LogP contribution in [0, 0.1) is 5.92 Å². The van der Waals surface area contributed by atoms with Gasteiger partial charge >= 0.3 is 18.0 Å². The first-order valence-corrected chi connectivity index (χ1v) is 6.76. The largest absolute Gasteiger partial charge is 0.480 e. The van der Waals surface area contributed by atoms with Crippen molar-refractivity contribution >= 4 is 18.0 Å². The van der Waals surface area contributed by atoms with E-state index in [1.807, 2.05) is 0 Å². The molecule has 0 heterocycles. The minimum Gasteiger partial charge on any atom is -0.480 e. The van der Waals surface area contributed by atoms with E-state index in [0.717, 1.165) is 12.8 Å². The zero-order valence-electron chi connectivity index (χ0n) is 11.9. The third-order valence-corrected chi connectivity index (χ3v) is 3.73. The van der Waals surface area contributed by atoms with Gasteiger partial charge in [-0.25, -0.2) is 9.59 Å². The molecule has 0 unspecified atom stereocenters. The van der Waals surface area contributed by atoms with E-state index >= 15 is 0 Å². The molecule has 0 aliphatic heterocycles. The molecule has 3 N–H and O–H groups in total. The molecule has 0 aromatic carbocycles. The monoisotopic (exact) mass is 286 g/mol. The van der Waals surface area contributed by atoms with E-state index in [0.29, 0.717) is 18.8 Å². The number of amides is 2. The van der Waals surface area contributed by atoms with Crippen molar-refractivity contribution in [2.75, 3.05) is 13.7 Å². The molecular formula is C13H22N2O5. The average Bonchev–Trinajstić information content (AvgIpc) is 2.41. The number of aliphatic carboxylic acids is 1. The van der Waals surface area contributed by atoms with Gasteiger partial charge in [0.25, 0.3) is 0 Å². The summed E-state index contributed by atoms with van der Waals surface area (Å²) in [5.41, 5.74) is -1.19. The van der Waals surface area contributed by atoms with Crippen LogP contribution in [0.3, 0.4) is 0 Å². The highest BCUT2D eigenvalue weighted by atomic mass is 16.5. The van der Waals surface area contributed by atoms with Gasteiger partial charge in [-0.2, -0.15) is 0 Å². The Morgan fingerprint density at radius 3 is 2.40 bits per heavy atom. The summed E-state index contributed by atoms with van der Waals surface area (Å²) in [4.78, 5) is 34.1. The molecule has 1 fully saturated rings. The van der Waals surface area contributed by atoms with Crippen LogP contribution in [-0.2, 0) is 14.3 Å². The summed E-state index contributed by atoms with van der Waals surface area (Å²) in [6.07, 6.45) is 2.45. The van der Waals surface area contributed by atoms with E-state index < -0.39 is 23.5 Å². The summed E-state index contributed by atoms with van der Waals surface area (Å²) in [5.74, 6) is -0.955.